The molecule has 0 aliphatic carbocycles. The molecule has 0 unspecified atom stereocenters. The van der Waals surface area contributed by atoms with Crippen molar-refractivity contribution in [3.63, 3.8) is 0 Å². The van der Waals surface area contributed by atoms with E-state index in [1.165, 1.54) is 0 Å². The highest BCUT2D eigenvalue weighted by atomic mass is 16.5. The molecule has 6 nitrogen and oxygen atoms in total. The van der Waals surface area contributed by atoms with E-state index in [2.05, 4.69) is 10.1 Å². The first-order valence-electron chi connectivity index (χ1n) is 5.40. The molecule has 0 radical (unpaired) electrons. The zero-order valence-corrected chi connectivity index (χ0v) is 9.36. The van der Waals surface area contributed by atoms with Crippen molar-refractivity contribution in [1.82, 2.24) is 10.1 Å². The smallest absolute Gasteiger partial charge is 0.303 e. The molecule has 3 aromatic rings. The lowest BCUT2D eigenvalue weighted by atomic mass is 10.1. The Morgan fingerprint density at radius 1 is 1.39 bits per heavy atom. The zero-order valence-electron chi connectivity index (χ0n) is 9.36. The van der Waals surface area contributed by atoms with Gasteiger partial charge in [0, 0.05) is 29.6 Å². The van der Waals surface area contributed by atoms with Gasteiger partial charge in [0.1, 0.15) is 11.4 Å². The standard InChI is InChI=1S/C12H11N3O3/c13-11-10(18-15-12(11)17)3-6-5-14-9-4-7(16)1-2-8(6)9/h1-2,4-5,14,16H,3,13H2,(H,15,17). The van der Waals surface area contributed by atoms with Crippen molar-refractivity contribution in [3.8, 4) is 5.75 Å². The third-order valence-electron chi connectivity index (χ3n) is 2.91. The van der Waals surface area contributed by atoms with E-state index in [-0.39, 0.29) is 11.4 Å². The van der Waals surface area contributed by atoms with Crippen LogP contribution >= 0.6 is 0 Å². The summed E-state index contributed by atoms with van der Waals surface area (Å²) in [5, 5.41) is 12.5. The Labute approximate surface area is 101 Å². The lowest BCUT2D eigenvalue weighted by Crippen LogP contribution is -2.05. The number of hydrogen-bond acceptors (Lipinski definition) is 4. The van der Waals surface area contributed by atoms with Crippen LogP contribution < -0.4 is 11.3 Å². The minimum Gasteiger partial charge on any atom is -0.508 e. The summed E-state index contributed by atoms with van der Waals surface area (Å²) in [5.41, 5.74) is 7.05. The van der Waals surface area contributed by atoms with Gasteiger partial charge < -0.3 is 20.3 Å². The summed E-state index contributed by atoms with van der Waals surface area (Å²) in [7, 11) is 0. The van der Waals surface area contributed by atoms with Gasteiger partial charge in [0.15, 0.2) is 5.76 Å². The number of aromatic hydroxyl groups is 1. The highest BCUT2D eigenvalue weighted by molar-refractivity contribution is 5.84. The maximum absolute atomic E-state index is 11.2. The molecule has 0 atom stereocenters. The number of aromatic amines is 2. The summed E-state index contributed by atoms with van der Waals surface area (Å²) < 4.78 is 5.02. The largest absolute Gasteiger partial charge is 0.508 e. The van der Waals surface area contributed by atoms with Crippen molar-refractivity contribution < 1.29 is 9.63 Å². The Kier molecular flexibility index (Phi) is 2.16. The second-order valence-electron chi connectivity index (χ2n) is 4.09. The van der Waals surface area contributed by atoms with Crippen molar-refractivity contribution in [2.75, 3.05) is 5.73 Å². The molecule has 0 saturated heterocycles. The molecule has 18 heavy (non-hydrogen) atoms. The average Bonchev–Trinajstić information content (AvgIpc) is 2.88. The van der Waals surface area contributed by atoms with Crippen LogP contribution in [0.2, 0.25) is 0 Å². The Morgan fingerprint density at radius 3 is 2.94 bits per heavy atom. The SMILES string of the molecule is Nc1c(Cc2c[nH]c3cc(O)ccc23)o[nH]c1=O. The number of H-pyrrole nitrogens is 2. The number of nitrogens with two attached hydrogens (primary N) is 1. The molecule has 0 aliphatic heterocycles. The van der Waals surface area contributed by atoms with E-state index in [0.717, 1.165) is 16.5 Å². The number of fused-ring (bicyclic) bond motifs is 1. The van der Waals surface area contributed by atoms with Crippen molar-refractivity contribution in [1.29, 1.82) is 0 Å². The maximum Gasteiger partial charge on any atom is 0.303 e. The summed E-state index contributed by atoms with van der Waals surface area (Å²) in [4.78, 5) is 14.2. The van der Waals surface area contributed by atoms with Crippen molar-refractivity contribution in [2.45, 2.75) is 6.42 Å². The summed E-state index contributed by atoms with van der Waals surface area (Å²) >= 11 is 0. The number of nitrogen functional groups attached to an aromatic ring is 1. The van der Waals surface area contributed by atoms with Gasteiger partial charge in [0.25, 0.3) is 0 Å². The van der Waals surface area contributed by atoms with E-state index >= 15 is 0 Å². The zero-order chi connectivity index (χ0) is 12.7. The van der Waals surface area contributed by atoms with Crippen LogP contribution in [-0.4, -0.2) is 15.2 Å². The van der Waals surface area contributed by atoms with E-state index in [0.29, 0.717) is 12.2 Å². The maximum atomic E-state index is 11.2. The van der Waals surface area contributed by atoms with Gasteiger partial charge in [-0.1, -0.05) is 0 Å². The molecule has 2 aromatic heterocycles. The number of phenolic OH excluding ortho intramolecular Hbond substituents is 1. The number of benzene rings is 1. The van der Waals surface area contributed by atoms with E-state index in [4.69, 9.17) is 10.3 Å². The normalized spacial score (nSPS) is 11.1. The van der Waals surface area contributed by atoms with Gasteiger partial charge in [-0.15, -0.1) is 0 Å². The molecule has 6 heteroatoms. The molecular weight excluding hydrogens is 234 g/mol. The first kappa shape index (κ1) is 10.5. The Balaban J connectivity index is 2.05. The number of rotatable bonds is 2. The number of phenols is 1. The molecule has 3 rings (SSSR count). The third kappa shape index (κ3) is 1.55. The summed E-state index contributed by atoms with van der Waals surface area (Å²) in [6, 6.07) is 5.04. The Hall–Kier alpha value is -2.63. The summed E-state index contributed by atoms with van der Waals surface area (Å²) in [5.74, 6) is 0.609. The lowest BCUT2D eigenvalue weighted by Gasteiger charge is -1.97. The highest BCUT2D eigenvalue weighted by Gasteiger charge is 2.12. The number of nitrogens with one attached hydrogen (secondary N) is 2. The Bertz CT molecular complexity index is 766. The van der Waals surface area contributed by atoms with Crippen LogP contribution in [0, 0.1) is 0 Å². The summed E-state index contributed by atoms with van der Waals surface area (Å²) in [6.45, 7) is 0. The van der Waals surface area contributed by atoms with Crippen LogP contribution in [0.5, 0.6) is 5.75 Å². The molecular formula is C12H11N3O3. The summed E-state index contributed by atoms with van der Waals surface area (Å²) in [6.07, 6.45) is 2.21. The monoisotopic (exact) mass is 245 g/mol. The fourth-order valence-electron chi connectivity index (χ4n) is 1.97. The predicted molar refractivity (Wildman–Crippen MR) is 66.5 cm³/mol. The molecule has 2 heterocycles. The third-order valence-corrected chi connectivity index (χ3v) is 2.91. The molecule has 0 aliphatic rings. The molecule has 0 fully saturated rings. The van der Waals surface area contributed by atoms with Crippen LogP contribution in [0.15, 0.2) is 33.7 Å². The van der Waals surface area contributed by atoms with Crippen LogP contribution in [0.25, 0.3) is 10.9 Å². The first-order chi connectivity index (χ1) is 8.65. The first-order valence-corrected chi connectivity index (χ1v) is 5.40. The quantitative estimate of drug-likeness (QED) is 0.546. The number of anilines is 1. The van der Waals surface area contributed by atoms with Crippen molar-refractivity contribution >= 4 is 16.6 Å². The molecule has 0 spiro atoms. The van der Waals surface area contributed by atoms with Gasteiger partial charge >= 0.3 is 5.56 Å². The van der Waals surface area contributed by atoms with Crippen LogP contribution in [-0.2, 0) is 6.42 Å². The van der Waals surface area contributed by atoms with Gasteiger partial charge in [-0.25, -0.2) is 0 Å². The predicted octanol–water partition coefficient (Wildman–Crippen LogP) is 1.33. The second kappa shape index (κ2) is 3.69. The highest BCUT2D eigenvalue weighted by Crippen LogP contribution is 2.25. The van der Waals surface area contributed by atoms with Crippen molar-refractivity contribution in [3.05, 3.63) is 46.1 Å². The van der Waals surface area contributed by atoms with Gasteiger partial charge in [-0.2, -0.15) is 5.16 Å². The van der Waals surface area contributed by atoms with Crippen LogP contribution in [0.1, 0.15) is 11.3 Å². The molecule has 92 valence electrons. The molecule has 0 amide bonds. The Morgan fingerprint density at radius 2 is 2.22 bits per heavy atom. The lowest BCUT2D eigenvalue weighted by molar-refractivity contribution is 0.385. The number of aromatic nitrogens is 2. The van der Waals surface area contributed by atoms with Crippen LogP contribution in [0.4, 0.5) is 5.69 Å². The van der Waals surface area contributed by atoms with E-state index in [9.17, 15) is 9.90 Å². The van der Waals surface area contributed by atoms with Crippen LogP contribution in [0.3, 0.4) is 0 Å². The van der Waals surface area contributed by atoms with E-state index in [1.54, 1.807) is 24.4 Å². The molecule has 0 saturated carbocycles. The van der Waals surface area contributed by atoms with E-state index < -0.39 is 5.56 Å². The molecule has 0 bridgehead atoms. The van der Waals surface area contributed by atoms with Gasteiger partial charge in [-0.05, 0) is 17.7 Å². The van der Waals surface area contributed by atoms with Crippen molar-refractivity contribution in [2.24, 2.45) is 0 Å². The van der Waals surface area contributed by atoms with E-state index in [1.807, 2.05) is 0 Å². The second-order valence-corrected chi connectivity index (χ2v) is 4.09. The number of hydrogen-bond donors (Lipinski definition) is 4. The fraction of sp³-hybridized carbons (Fsp3) is 0.0833. The average molecular weight is 245 g/mol. The fourth-order valence-corrected chi connectivity index (χ4v) is 1.97. The topological polar surface area (TPSA) is 108 Å². The van der Waals surface area contributed by atoms with Gasteiger partial charge in [0.2, 0.25) is 0 Å². The van der Waals surface area contributed by atoms with Gasteiger partial charge in [-0.3, -0.25) is 4.79 Å². The molecule has 5 N–H and O–H groups in total. The molecule has 1 aromatic carbocycles. The minimum absolute atomic E-state index is 0.100. The minimum atomic E-state index is -0.414. The van der Waals surface area contributed by atoms with Gasteiger partial charge in [0.05, 0.1) is 0 Å².